The Kier molecular flexibility index (Phi) is 5.30. The number of amides is 2. The van der Waals surface area contributed by atoms with Crippen molar-refractivity contribution < 1.29 is 19.1 Å². The average molecular weight is 425 g/mol. The quantitative estimate of drug-likeness (QED) is 0.745. The maximum absolute atomic E-state index is 12.8. The molecule has 2 amide bonds. The van der Waals surface area contributed by atoms with Crippen LogP contribution in [-0.2, 0) is 16.0 Å². The highest BCUT2D eigenvalue weighted by molar-refractivity contribution is 9.10. The van der Waals surface area contributed by atoms with Crippen LogP contribution >= 0.6 is 15.9 Å². The van der Waals surface area contributed by atoms with Crippen molar-refractivity contribution in [3.63, 3.8) is 0 Å². The molecule has 6 nitrogen and oxygen atoms in total. The van der Waals surface area contributed by atoms with Crippen molar-refractivity contribution >= 4 is 27.9 Å². The van der Waals surface area contributed by atoms with Crippen LogP contribution in [0.1, 0.15) is 43.1 Å². The molecule has 0 spiro atoms. The number of likely N-dealkylation sites (tertiary alicyclic amines) is 1. The number of hydrogen-bond donors (Lipinski definition) is 0. The third-order valence-corrected chi connectivity index (χ3v) is 5.22. The van der Waals surface area contributed by atoms with Crippen LogP contribution in [0, 0.1) is 0 Å². The van der Waals surface area contributed by atoms with Gasteiger partial charge in [-0.2, -0.15) is 0 Å². The number of carbonyl (C=O) groups is 2. The Hall–Kier alpha value is -1.60. The number of hydrogen-bond acceptors (Lipinski definition) is 4. The molecule has 7 heteroatoms. The largest absolute Gasteiger partial charge is 0.444 e. The molecule has 1 fully saturated rings. The van der Waals surface area contributed by atoms with Gasteiger partial charge in [0.2, 0.25) is 0 Å². The summed E-state index contributed by atoms with van der Waals surface area (Å²) in [5.41, 5.74) is 1.20. The molecule has 142 valence electrons. The number of carbonyl (C=O) groups excluding carboxylic acids is 2. The number of rotatable bonds is 3. The van der Waals surface area contributed by atoms with E-state index < -0.39 is 5.60 Å². The summed E-state index contributed by atoms with van der Waals surface area (Å²) >= 11 is 3.43. The molecule has 1 saturated heterocycles. The lowest BCUT2D eigenvalue weighted by Gasteiger charge is -2.28. The number of fused-ring (bicyclic) bond motifs is 1. The highest BCUT2D eigenvalue weighted by Gasteiger charge is 2.43. The fraction of sp³-hybridized carbons (Fsp3) is 0.579. The Bertz CT molecular complexity index is 716. The van der Waals surface area contributed by atoms with Crippen molar-refractivity contribution in [3.05, 3.63) is 33.8 Å². The van der Waals surface area contributed by atoms with E-state index in [0.29, 0.717) is 26.1 Å². The van der Waals surface area contributed by atoms with E-state index in [9.17, 15) is 9.59 Å². The summed E-state index contributed by atoms with van der Waals surface area (Å²) < 4.78 is 11.7. The van der Waals surface area contributed by atoms with Crippen molar-refractivity contribution in [2.75, 3.05) is 20.3 Å². The number of ether oxygens (including phenoxy) is 2. The smallest absolute Gasteiger partial charge is 0.410 e. The minimum Gasteiger partial charge on any atom is -0.444 e. The highest BCUT2D eigenvalue weighted by Crippen LogP contribution is 2.32. The number of benzene rings is 1. The number of halogens is 1. The molecule has 2 heterocycles. The maximum atomic E-state index is 12.8. The first kappa shape index (κ1) is 19.2. The molecule has 0 radical (unpaired) electrons. The van der Waals surface area contributed by atoms with Gasteiger partial charge in [-0.15, -0.1) is 0 Å². The van der Waals surface area contributed by atoms with E-state index in [-0.39, 0.29) is 24.1 Å². The van der Waals surface area contributed by atoms with Gasteiger partial charge in [-0.05, 0) is 44.9 Å². The average Bonchev–Trinajstić information content (AvgIpc) is 3.08. The molecule has 26 heavy (non-hydrogen) atoms. The second-order valence-electron chi connectivity index (χ2n) is 7.87. The first-order chi connectivity index (χ1) is 12.2. The summed E-state index contributed by atoms with van der Waals surface area (Å²) in [6.07, 6.45) is 0.336. The van der Waals surface area contributed by atoms with Crippen molar-refractivity contribution in [1.29, 1.82) is 0 Å². The van der Waals surface area contributed by atoms with E-state index in [2.05, 4.69) is 15.9 Å². The molecular weight excluding hydrogens is 400 g/mol. The first-order valence-corrected chi connectivity index (χ1v) is 9.57. The first-order valence-electron chi connectivity index (χ1n) is 8.77. The number of nitrogens with zero attached hydrogens (tertiary/aromatic N) is 2. The Morgan fingerprint density at radius 3 is 2.73 bits per heavy atom. The topological polar surface area (TPSA) is 59.1 Å². The molecule has 0 aromatic heterocycles. The van der Waals surface area contributed by atoms with E-state index in [1.807, 2.05) is 43.9 Å². The molecule has 0 aliphatic carbocycles. The lowest BCUT2D eigenvalue weighted by Crippen LogP contribution is -2.43. The lowest BCUT2D eigenvalue weighted by molar-refractivity contribution is 0.0141. The zero-order valence-corrected chi connectivity index (χ0v) is 17.2. The zero-order valence-electron chi connectivity index (χ0n) is 15.6. The lowest BCUT2D eigenvalue weighted by atomic mass is 10.1. The van der Waals surface area contributed by atoms with E-state index in [0.717, 1.165) is 15.6 Å². The molecule has 2 aliphatic rings. The van der Waals surface area contributed by atoms with Crippen LogP contribution in [0.15, 0.2) is 22.7 Å². The molecule has 2 aliphatic heterocycles. The zero-order chi connectivity index (χ0) is 19.1. The van der Waals surface area contributed by atoms with Crippen LogP contribution in [0.4, 0.5) is 4.79 Å². The minimum absolute atomic E-state index is 0.0218. The molecular formula is C19H25BrN2O4. The predicted octanol–water partition coefficient (Wildman–Crippen LogP) is 3.43. The van der Waals surface area contributed by atoms with Gasteiger partial charge in [-0.1, -0.05) is 22.0 Å². The molecule has 0 N–H and O–H groups in total. The summed E-state index contributed by atoms with van der Waals surface area (Å²) in [5.74, 6) is 0.0218. The molecule has 3 rings (SSSR count). The Morgan fingerprint density at radius 1 is 1.35 bits per heavy atom. The second kappa shape index (κ2) is 7.19. The van der Waals surface area contributed by atoms with E-state index in [4.69, 9.17) is 9.47 Å². The van der Waals surface area contributed by atoms with Crippen molar-refractivity contribution in [1.82, 2.24) is 9.80 Å². The Balaban J connectivity index is 1.76. The SMILES string of the molecule is COC[C@@H]1C[C@@H](N2Cc3ccc(Br)cc3C2=O)CN1C(=O)OC(C)(C)C. The van der Waals surface area contributed by atoms with Crippen LogP contribution in [0.3, 0.4) is 0 Å². The summed E-state index contributed by atoms with van der Waals surface area (Å²) in [4.78, 5) is 29.0. The van der Waals surface area contributed by atoms with Gasteiger partial charge >= 0.3 is 6.09 Å². The van der Waals surface area contributed by atoms with Crippen molar-refractivity contribution in [2.24, 2.45) is 0 Å². The van der Waals surface area contributed by atoms with Gasteiger partial charge in [-0.3, -0.25) is 4.79 Å². The van der Waals surface area contributed by atoms with E-state index in [1.54, 1.807) is 12.0 Å². The third kappa shape index (κ3) is 3.88. The van der Waals surface area contributed by atoms with E-state index in [1.165, 1.54) is 0 Å². The van der Waals surface area contributed by atoms with Gasteiger partial charge in [0.1, 0.15) is 5.60 Å². The number of methoxy groups -OCH3 is 1. The summed E-state index contributed by atoms with van der Waals surface area (Å²) in [6, 6.07) is 5.66. The predicted molar refractivity (Wildman–Crippen MR) is 101 cm³/mol. The monoisotopic (exact) mass is 424 g/mol. The van der Waals surface area contributed by atoms with Gasteiger partial charge < -0.3 is 19.3 Å². The van der Waals surface area contributed by atoms with Crippen molar-refractivity contribution in [3.8, 4) is 0 Å². The maximum Gasteiger partial charge on any atom is 0.410 e. The second-order valence-corrected chi connectivity index (χ2v) is 8.78. The summed E-state index contributed by atoms with van der Waals surface area (Å²) in [6.45, 7) is 7.01. The molecule has 2 atom stereocenters. The highest BCUT2D eigenvalue weighted by atomic mass is 79.9. The van der Waals surface area contributed by atoms with Gasteiger partial charge in [0.25, 0.3) is 5.91 Å². The Morgan fingerprint density at radius 2 is 2.08 bits per heavy atom. The van der Waals surface area contributed by atoms with Crippen LogP contribution in [0.2, 0.25) is 0 Å². The molecule has 0 saturated carbocycles. The fourth-order valence-electron chi connectivity index (χ4n) is 3.60. The standard InChI is InChI=1S/C19H25BrN2O4/c1-19(2,3)26-18(24)22-10-14(8-15(22)11-25-4)21-9-12-5-6-13(20)7-16(12)17(21)23/h5-7,14-15H,8-11H2,1-4H3/t14-,15+/m1/s1. The Labute approximate surface area is 162 Å². The van der Waals surface area contributed by atoms with Gasteiger partial charge in [0.05, 0.1) is 18.7 Å². The van der Waals surface area contributed by atoms with Gasteiger partial charge in [-0.25, -0.2) is 4.79 Å². The molecule has 0 bridgehead atoms. The molecule has 1 aromatic rings. The van der Waals surface area contributed by atoms with E-state index >= 15 is 0 Å². The van der Waals surface area contributed by atoms with Crippen LogP contribution < -0.4 is 0 Å². The van der Waals surface area contributed by atoms with Crippen LogP contribution in [-0.4, -0.2) is 59.7 Å². The van der Waals surface area contributed by atoms with Crippen LogP contribution in [0.5, 0.6) is 0 Å². The third-order valence-electron chi connectivity index (χ3n) is 4.72. The van der Waals surface area contributed by atoms with Gasteiger partial charge in [0, 0.05) is 30.2 Å². The van der Waals surface area contributed by atoms with Gasteiger partial charge in [0.15, 0.2) is 0 Å². The normalized spacial score (nSPS) is 22.7. The van der Waals surface area contributed by atoms with Crippen LogP contribution in [0.25, 0.3) is 0 Å². The molecule has 0 unspecified atom stereocenters. The molecule has 1 aromatic carbocycles. The minimum atomic E-state index is -0.557. The summed E-state index contributed by atoms with van der Waals surface area (Å²) in [7, 11) is 1.62. The van der Waals surface area contributed by atoms with Crippen molar-refractivity contribution in [2.45, 2.75) is 51.4 Å². The summed E-state index contributed by atoms with van der Waals surface area (Å²) in [5, 5.41) is 0. The fourth-order valence-corrected chi connectivity index (χ4v) is 3.96.